The van der Waals surface area contributed by atoms with Gasteiger partial charge >= 0.3 is 5.97 Å². The van der Waals surface area contributed by atoms with Crippen LogP contribution < -0.4 is 0 Å². The van der Waals surface area contributed by atoms with Crippen LogP contribution in [0.3, 0.4) is 0 Å². The third kappa shape index (κ3) is 2.21. The van der Waals surface area contributed by atoms with E-state index in [0.29, 0.717) is 0 Å². The highest BCUT2D eigenvalue weighted by Gasteiger charge is 2.24. The molecule has 0 aliphatic rings. The van der Waals surface area contributed by atoms with E-state index in [9.17, 15) is 18.7 Å². The Morgan fingerprint density at radius 3 is 2.75 bits per heavy atom. The summed E-state index contributed by atoms with van der Waals surface area (Å²) in [6.07, 6.45) is -2.18. The third-order valence-corrected chi connectivity index (χ3v) is 2.20. The maximum Gasteiger partial charge on any atom is 0.356 e. The highest BCUT2D eigenvalue weighted by atomic mass is 35.5. The Labute approximate surface area is 94.8 Å². The molecule has 7 heteroatoms. The predicted molar refractivity (Wildman–Crippen MR) is 51.8 cm³/mol. The van der Waals surface area contributed by atoms with Crippen molar-refractivity contribution in [3.8, 4) is 5.75 Å². The number of alkyl halides is 3. The molecule has 0 spiro atoms. The SMILES string of the molecule is COC(=O)c1ncc(O)c(C(F)F)c1CCl. The summed E-state index contributed by atoms with van der Waals surface area (Å²) in [6, 6.07) is 0. The normalized spacial score (nSPS) is 10.6. The van der Waals surface area contributed by atoms with Crippen molar-refractivity contribution < 1.29 is 23.4 Å². The summed E-state index contributed by atoms with van der Waals surface area (Å²) in [7, 11) is 1.09. The monoisotopic (exact) mass is 251 g/mol. The van der Waals surface area contributed by atoms with Gasteiger partial charge in [0.15, 0.2) is 5.69 Å². The second kappa shape index (κ2) is 5.07. The van der Waals surface area contributed by atoms with E-state index in [2.05, 4.69) is 9.72 Å². The molecule has 0 fully saturated rings. The van der Waals surface area contributed by atoms with Crippen LogP contribution in [0.25, 0.3) is 0 Å². The minimum absolute atomic E-state index is 0.219. The molecule has 1 N–H and O–H groups in total. The molecule has 0 atom stereocenters. The summed E-state index contributed by atoms with van der Waals surface area (Å²) in [5, 5.41) is 9.22. The average molecular weight is 252 g/mol. The fraction of sp³-hybridized carbons (Fsp3) is 0.333. The molecule has 0 saturated heterocycles. The van der Waals surface area contributed by atoms with E-state index < -0.39 is 23.7 Å². The van der Waals surface area contributed by atoms with Gasteiger partial charge in [0, 0.05) is 5.56 Å². The fourth-order valence-electron chi connectivity index (χ4n) is 1.21. The van der Waals surface area contributed by atoms with Crippen molar-refractivity contribution in [2.24, 2.45) is 0 Å². The first-order valence-corrected chi connectivity index (χ1v) is 4.69. The predicted octanol–water partition coefficient (Wildman–Crippen LogP) is 2.25. The Morgan fingerprint density at radius 1 is 1.69 bits per heavy atom. The number of esters is 1. The van der Waals surface area contributed by atoms with E-state index in [4.69, 9.17) is 11.6 Å². The molecule has 88 valence electrons. The van der Waals surface area contributed by atoms with Crippen LogP contribution >= 0.6 is 11.6 Å². The summed E-state index contributed by atoms with van der Waals surface area (Å²) in [5.74, 6) is -1.94. The van der Waals surface area contributed by atoms with E-state index in [0.717, 1.165) is 13.3 Å². The van der Waals surface area contributed by atoms with Crippen molar-refractivity contribution in [1.29, 1.82) is 0 Å². The third-order valence-electron chi connectivity index (χ3n) is 1.93. The van der Waals surface area contributed by atoms with E-state index in [1.807, 2.05) is 0 Å². The Bertz CT molecular complexity index is 412. The van der Waals surface area contributed by atoms with Crippen molar-refractivity contribution >= 4 is 17.6 Å². The van der Waals surface area contributed by atoms with Crippen molar-refractivity contribution in [2.45, 2.75) is 12.3 Å². The Morgan fingerprint density at radius 2 is 2.31 bits per heavy atom. The summed E-state index contributed by atoms with van der Waals surface area (Å²) in [5.41, 5.74) is -1.22. The van der Waals surface area contributed by atoms with Gasteiger partial charge in [-0.3, -0.25) is 0 Å². The molecule has 1 rings (SSSR count). The van der Waals surface area contributed by atoms with E-state index in [1.165, 1.54) is 0 Å². The lowest BCUT2D eigenvalue weighted by Gasteiger charge is -2.11. The number of halogens is 3. The van der Waals surface area contributed by atoms with Crippen LogP contribution in [0.1, 0.15) is 28.0 Å². The number of hydrogen-bond donors (Lipinski definition) is 1. The van der Waals surface area contributed by atoms with Gasteiger partial charge in [-0.2, -0.15) is 0 Å². The molecule has 0 aliphatic heterocycles. The highest BCUT2D eigenvalue weighted by molar-refractivity contribution is 6.17. The van der Waals surface area contributed by atoms with Crippen LogP contribution in [0.2, 0.25) is 0 Å². The van der Waals surface area contributed by atoms with Crippen LogP contribution in [0.15, 0.2) is 6.20 Å². The van der Waals surface area contributed by atoms with E-state index in [1.54, 1.807) is 0 Å². The van der Waals surface area contributed by atoms with Crippen LogP contribution in [-0.4, -0.2) is 23.2 Å². The Hall–Kier alpha value is -1.43. The van der Waals surface area contributed by atoms with Crippen LogP contribution in [0.4, 0.5) is 8.78 Å². The van der Waals surface area contributed by atoms with Gasteiger partial charge in [-0.05, 0) is 0 Å². The number of methoxy groups -OCH3 is 1. The molecule has 0 unspecified atom stereocenters. The van der Waals surface area contributed by atoms with E-state index in [-0.39, 0.29) is 17.1 Å². The lowest BCUT2D eigenvalue weighted by Crippen LogP contribution is -2.10. The maximum absolute atomic E-state index is 12.6. The number of carbonyl (C=O) groups excluding carboxylic acids is 1. The van der Waals surface area contributed by atoms with Crippen molar-refractivity contribution in [2.75, 3.05) is 7.11 Å². The second-order valence-corrected chi connectivity index (χ2v) is 3.08. The Kier molecular flexibility index (Phi) is 4.00. The topological polar surface area (TPSA) is 59.4 Å². The lowest BCUT2D eigenvalue weighted by atomic mass is 10.1. The summed E-state index contributed by atoms with van der Waals surface area (Å²) >= 11 is 5.46. The van der Waals surface area contributed by atoms with Gasteiger partial charge in [0.25, 0.3) is 6.43 Å². The molecule has 16 heavy (non-hydrogen) atoms. The molecule has 0 radical (unpaired) electrons. The van der Waals surface area contributed by atoms with Crippen LogP contribution in [0.5, 0.6) is 5.75 Å². The van der Waals surface area contributed by atoms with Crippen molar-refractivity contribution in [3.63, 3.8) is 0 Å². The zero-order chi connectivity index (χ0) is 12.3. The zero-order valence-corrected chi connectivity index (χ0v) is 8.96. The molecule has 1 aromatic rings. The van der Waals surface area contributed by atoms with Crippen LogP contribution in [-0.2, 0) is 10.6 Å². The summed E-state index contributed by atoms with van der Waals surface area (Å²) in [6.45, 7) is 0. The molecule has 0 amide bonds. The molecule has 0 aliphatic carbocycles. The maximum atomic E-state index is 12.6. The molecule has 1 aromatic heterocycles. The molecular formula is C9H8ClF2NO3. The number of aromatic hydroxyl groups is 1. The second-order valence-electron chi connectivity index (χ2n) is 2.81. The lowest BCUT2D eigenvalue weighted by molar-refractivity contribution is 0.0592. The largest absolute Gasteiger partial charge is 0.506 e. The molecule has 0 aromatic carbocycles. The van der Waals surface area contributed by atoms with Gasteiger partial charge < -0.3 is 9.84 Å². The highest BCUT2D eigenvalue weighted by Crippen LogP contribution is 2.33. The molecule has 1 heterocycles. The standard InChI is InChI=1S/C9H8ClF2NO3/c1-16-9(15)7-4(2-10)6(8(11)12)5(14)3-13-7/h3,8,14H,2H2,1H3. The number of hydrogen-bond acceptors (Lipinski definition) is 4. The minimum Gasteiger partial charge on any atom is -0.506 e. The number of aromatic nitrogens is 1. The first-order chi connectivity index (χ1) is 7.52. The van der Waals surface area contributed by atoms with Gasteiger partial charge in [0.2, 0.25) is 0 Å². The summed E-state index contributed by atoms with van der Waals surface area (Å²) in [4.78, 5) is 14.7. The number of pyridine rings is 1. The number of carbonyl (C=O) groups is 1. The Balaban J connectivity index is 3.42. The van der Waals surface area contributed by atoms with Gasteiger partial charge in [-0.25, -0.2) is 18.6 Å². The number of ether oxygens (including phenoxy) is 1. The van der Waals surface area contributed by atoms with Gasteiger partial charge in [-0.1, -0.05) is 0 Å². The first-order valence-electron chi connectivity index (χ1n) is 4.16. The molecule has 4 nitrogen and oxygen atoms in total. The van der Waals surface area contributed by atoms with E-state index >= 15 is 0 Å². The smallest absolute Gasteiger partial charge is 0.356 e. The molecular weight excluding hydrogens is 244 g/mol. The van der Waals surface area contributed by atoms with Gasteiger partial charge in [0.1, 0.15) is 5.75 Å². The van der Waals surface area contributed by atoms with Gasteiger partial charge in [0.05, 0.1) is 24.8 Å². The number of nitrogens with zero attached hydrogens (tertiary/aromatic N) is 1. The zero-order valence-electron chi connectivity index (χ0n) is 8.21. The van der Waals surface area contributed by atoms with Crippen LogP contribution in [0, 0.1) is 0 Å². The van der Waals surface area contributed by atoms with Crippen molar-refractivity contribution in [1.82, 2.24) is 4.98 Å². The minimum atomic E-state index is -2.94. The molecule has 0 saturated carbocycles. The average Bonchev–Trinajstić information content (AvgIpc) is 2.26. The summed E-state index contributed by atoms with van der Waals surface area (Å²) < 4.78 is 29.6. The van der Waals surface area contributed by atoms with Gasteiger partial charge in [-0.15, -0.1) is 11.6 Å². The first kappa shape index (κ1) is 12.6. The quantitative estimate of drug-likeness (QED) is 0.661. The fourth-order valence-corrected chi connectivity index (χ4v) is 1.48. The van der Waals surface area contributed by atoms with Crippen molar-refractivity contribution in [3.05, 3.63) is 23.0 Å². The molecule has 0 bridgehead atoms. The number of rotatable bonds is 3.